The van der Waals surface area contributed by atoms with E-state index in [2.05, 4.69) is 5.32 Å². The minimum Gasteiger partial charge on any atom is -0.350 e. The molecule has 0 radical (unpaired) electrons. The van der Waals surface area contributed by atoms with Gasteiger partial charge in [-0.25, -0.2) is 8.42 Å². The molecule has 2 unspecified atom stereocenters. The largest absolute Gasteiger partial charge is 0.350 e. The van der Waals surface area contributed by atoms with Crippen molar-refractivity contribution in [2.75, 3.05) is 12.8 Å². The number of halogens is 1. The summed E-state index contributed by atoms with van der Waals surface area (Å²) >= 11 is 0. The summed E-state index contributed by atoms with van der Waals surface area (Å²) in [5, 5.41) is 2.45. The van der Waals surface area contributed by atoms with E-state index in [1.807, 2.05) is 0 Å². The van der Waals surface area contributed by atoms with E-state index in [4.69, 9.17) is 10.7 Å². The first-order valence-corrected chi connectivity index (χ1v) is 9.85. The Morgan fingerprint density at radius 2 is 2.15 bits per heavy atom. The van der Waals surface area contributed by atoms with Gasteiger partial charge in [0, 0.05) is 52.3 Å². The Hall–Kier alpha value is -0.860. The standard InChI is InChI=1S/C11H17ClN2O4S2/c1-4-14-7-9(20(12,17)18)5-10(14)11(15)13-6-8(2)19(3)16/h5,7-8H,4,6H2,1-3H3,(H,13,15). The van der Waals surface area contributed by atoms with Crippen LogP contribution in [0.15, 0.2) is 17.2 Å². The number of nitrogens with zero attached hydrogens (tertiary/aromatic N) is 1. The van der Waals surface area contributed by atoms with Crippen molar-refractivity contribution in [3.8, 4) is 0 Å². The van der Waals surface area contributed by atoms with Gasteiger partial charge in [-0.15, -0.1) is 0 Å². The first kappa shape index (κ1) is 17.2. The van der Waals surface area contributed by atoms with Crippen LogP contribution in [-0.2, 0) is 26.4 Å². The van der Waals surface area contributed by atoms with Gasteiger partial charge in [0.05, 0.1) is 0 Å². The molecule has 0 saturated heterocycles. The van der Waals surface area contributed by atoms with Gasteiger partial charge in [0.25, 0.3) is 15.0 Å². The Balaban J connectivity index is 2.93. The molecule has 0 aliphatic carbocycles. The Labute approximate surface area is 125 Å². The number of nitrogens with one attached hydrogen (secondary N) is 1. The molecule has 114 valence electrons. The van der Waals surface area contributed by atoms with Crippen LogP contribution < -0.4 is 5.32 Å². The molecule has 1 amide bonds. The van der Waals surface area contributed by atoms with Gasteiger partial charge in [0.1, 0.15) is 10.6 Å². The number of hydrogen-bond acceptors (Lipinski definition) is 4. The van der Waals surface area contributed by atoms with E-state index in [1.54, 1.807) is 20.1 Å². The second-order valence-corrected chi connectivity index (χ2v) is 8.67. The molecule has 0 aromatic carbocycles. The second-order valence-electron chi connectivity index (χ2n) is 4.30. The number of carbonyl (C=O) groups excluding carboxylic acids is 1. The van der Waals surface area contributed by atoms with Crippen molar-refractivity contribution in [3.63, 3.8) is 0 Å². The molecular formula is C11H17ClN2O4S2. The zero-order valence-electron chi connectivity index (χ0n) is 11.4. The Bertz CT molecular complexity index is 624. The highest BCUT2D eigenvalue weighted by Crippen LogP contribution is 2.18. The molecule has 1 heterocycles. The highest BCUT2D eigenvalue weighted by atomic mass is 35.7. The van der Waals surface area contributed by atoms with Crippen LogP contribution in [0.1, 0.15) is 24.3 Å². The third kappa shape index (κ3) is 4.32. The first-order chi connectivity index (χ1) is 9.16. The lowest BCUT2D eigenvalue weighted by Gasteiger charge is -2.11. The van der Waals surface area contributed by atoms with E-state index in [0.717, 1.165) is 0 Å². The predicted octanol–water partition coefficient (Wildman–Crippen LogP) is 0.932. The number of hydrogen-bond donors (Lipinski definition) is 1. The fourth-order valence-corrected chi connectivity index (χ4v) is 2.59. The van der Waals surface area contributed by atoms with Crippen molar-refractivity contribution in [1.29, 1.82) is 0 Å². The average molecular weight is 341 g/mol. The molecule has 6 nitrogen and oxygen atoms in total. The van der Waals surface area contributed by atoms with E-state index >= 15 is 0 Å². The Morgan fingerprint density at radius 1 is 1.55 bits per heavy atom. The number of aromatic nitrogens is 1. The van der Waals surface area contributed by atoms with E-state index < -0.39 is 25.8 Å². The molecule has 2 atom stereocenters. The molecule has 1 aromatic rings. The van der Waals surface area contributed by atoms with Crippen molar-refractivity contribution < 1.29 is 17.4 Å². The smallest absolute Gasteiger partial charge is 0.267 e. The highest BCUT2D eigenvalue weighted by molar-refractivity contribution is 8.13. The number of rotatable bonds is 6. The normalized spacial score (nSPS) is 14.8. The molecular weight excluding hydrogens is 324 g/mol. The van der Waals surface area contributed by atoms with E-state index in [9.17, 15) is 17.4 Å². The van der Waals surface area contributed by atoms with Crippen molar-refractivity contribution in [2.24, 2.45) is 0 Å². The third-order valence-corrected chi connectivity index (χ3v) is 5.46. The molecule has 1 rings (SSSR count). The SMILES string of the molecule is CCn1cc(S(=O)(=O)Cl)cc1C(=O)NCC(C)S(C)=O. The van der Waals surface area contributed by atoms with Crippen LogP contribution >= 0.6 is 10.7 Å². The van der Waals surface area contributed by atoms with Crippen LogP contribution in [-0.4, -0.2) is 41.2 Å². The third-order valence-electron chi connectivity index (χ3n) is 2.84. The van der Waals surface area contributed by atoms with Crippen LogP contribution in [0.2, 0.25) is 0 Å². The van der Waals surface area contributed by atoms with E-state index in [1.165, 1.54) is 16.8 Å². The van der Waals surface area contributed by atoms with Crippen LogP contribution in [0.25, 0.3) is 0 Å². The van der Waals surface area contributed by atoms with Gasteiger partial charge in [-0.2, -0.15) is 0 Å². The summed E-state index contributed by atoms with van der Waals surface area (Å²) in [4.78, 5) is 11.9. The van der Waals surface area contributed by atoms with Crippen LogP contribution in [0.3, 0.4) is 0 Å². The van der Waals surface area contributed by atoms with E-state index in [-0.39, 0.29) is 22.4 Å². The minimum atomic E-state index is -3.87. The second kappa shape index (κ2) is 6.73. The van der Waals surface area contributed by atoms with E-state index in [0.29, 0.717) is 6.54 Å². The van der Waals surface area contributed by atoms with Crippen LogP contribution in [0.5, 0.6) is 0 Å². The lowest BCUT2D eigenvalue weighted by Crippen LogP contribution is -2.33. The monoisotopic (exact) mass is 340 g/mol. The summed E-state index contributed by atoms with van der Waals surface area (Å²) in [6, 6.07) is 1.23. The summed E-state index contributed by atoms with van der Waals surface area (Å²) < 4.78 is 35.3. The fraction of sp³-hybridized carbons (Fsp3) is 0.545. The van der Waals surface area contributed by atoms with Gasteiger partial charge in [-0.1, -0.05) is 0 Å². The Kier molecular flexibility index (Phi) is 5.79. The molecule has 0 spiro atoms. The Morgan fingerprint density at radius 3 is 2.60 bits per heavy atom. The molecule has 1 aromatic heterocycles. The van der Waals surface area contributed by atoms with Crippen LogP contribution in [0.4, 0.5) is 0 Å². The molecule has 0 aliphatic rings. The maximum atomic E-state index is 12.0. The van der Waals surface area contributed by atoms with Crippen LogP contribution in [0, 0.1) is 0 Å². The van der Waals surface area contributed by atoms with Gasteiger partial charge in [0.15, 0.2) is 0 Å². The summed E-state index contributed by atoms with van der Waals surface area (Å²) in [5.41, 5.74) is 0.209. The maximum absolute atomic E-state index is 12.0. The molecule has 0 bridgehead atoms. The zero-order valence-corrected chi connectivity index (χ0v) is 13.8. The number of carbonyl (C=O) groups is 1. The topological polar surface area (TPSA) is 85.2 Å². The summed E-state index contributed by atoms with van der Waals surface area (Å²) in [6.45, 7) is 4.22. The van der Waals surface area contributed by atoms with Crippen molar-refractivity contribution in [2.45, 2.75) is 30.5 Å². The molecule has 0 aliphatic heterocycles. The van der Waals surface area contributed by atoms with Gasteiger partial charge in [-0.05, 0) is 19.9 Å². The van der Waals surface area contributed by atoms with Gasteiger partial charge in [0.2, 0.25) is 0 Å². The quantitative estimate of drug-likeness (QED) is 0.781. The predicted molar refractivity (Wildman–Crippen MR) is 79.0 cm³/mol. The van der Waals surface area contributed by atoms with Gasteiger partial charge < -0.3 is 9.88 Å². The first-order valence-electron chi connectivity index (χ1n) is 5.92. The molecule has 0 fully saturated rings. The number of aryl methyl sites for hydroxylation is 1. The minimum absolute atomic E-state index is 0.113. The summed E-state index contributed by atoms with van der Waals surface area (Å²) in [7, 11) is 0.354. The number of amides is 1. The molecule has 0 saturated carbocycles. The van der Waals surface area contributed by atoms with Crippen molar-refractivity contribution in [3.05, 3.63) is 18.0 Å². The van der Waals surface area contributed by atoms with Crippen molar-refractivity contribution in [1.82, 2.24) is 9.88 Å². The lowest BCUT2D eigenvalue weighted by atomic mass is 10.3. The highest BCUT2D eigenvalue weighted by Gasteiger charge is 2.19. The summed E-state index contributed by atoms with van der Waals surface area (Å²) in [5.74, 6) is -0.421. The molecule has 20 heavy (non-hydrogen) atoms. The van der Waals surface area contributed by atoms with Gasteiger partial charge >= 0.3 is 0 Å². The van der Waals surface area contributed by atoms with Gasteiger partial charge in [-0.3, -0.25) is 9.00 Å². The summed E-state index contributed by atoms with van der Waals surface area (Å²) in [6.07, 6.45) is 2.88. The maximum Gasteiger partial charge on any atom is 0.267 e. The fourth-order valence-electron chi connectivity index (χ4n) is 1.51. The lowest BCUT2D eigenvalue weighted by molar-refractivity contribution is 0.0945. The van der Waals surface area contributed by atoms with Crippen molar-refractivity contribution >= 4 is 36.4 Å². The molecule has 9 heteroatoms. The molecule has 1 N–H and O–H groups in total. The zero-order chi connectivity index (χ0) is 15.5. The average Bonchev–Trinajstić information content (AvgIpc) is 2.79.